The van der Waals surface area contributed by atoms with Crippen molar-refractivity contribution in [2.45, 2.75) is 27.2 Å². The van der Waals surface area contributed by atoms with E-state index in [-0.39, 0.29) is 12.3 Å². The molecule has 0 saturated carbocycles. The number of carboxylic acids is 1. The smallest absolute Gasteiger partial charge is 0.303 e. The van der Waals surface area contributed by atoms with Gasteiger partial charge < -0.3 is 5.11 Å². The summed E-state index contributed by atoms with van der Waals surface area (Å²) in [6.07, 6.45) is 0.278. The Morgan fingerprint density at radius 2 is 2.00 bits per heavy atom. The predicted molar refractivity (Wildman–Crippen MR) is 46.4 cm³/mol. The minimum absolute atomic E-state index is 0.275. The Hall–Kier alpha value is -0.440. The molecule has 0 saturated heterocycles. The molecule has 0 radical (unpaired) electrons. The van der Waals surface area contributed by atoms with Crippen molar-refractivity contribution < 1.29 is 9.90 Å². The first-order chi connectivity index (χ1) is 4.54. The maximum Gasteiger partial charge on any atom is 0.303 e. The summed E-state index contributed by atoms with van der Waals surface area (Å²) in [5.74, 6) is -0.438. The molecule has 0 aliphatic carbocycles. The molecule has 2 nitrogen and oxygen atoms in total. The van der Waals surface area contributed by atoms with Crippen molar-refractivity contribution in [1.82, 2.24) is 0 Å². The van der Waals surface area contributed by atoms with E-state index in [2.05, 4.69) is 12.2 Å². The summed E-state index contributed by atoms with van der Waals surface area (Å²) in [7, 11) is 0. The van der Waals surface area contributed by atoms with Crippen LogP contribution in [0.25, 0.3) is 0 Å². The van der Waals surface area contributed by atoms with Crippen molar-refractivity contribution in [2.24, 2.45) is 5.92 Å². The van der Waals surface area contributed by atoms with Crippen LogP contribution in [0.15, 0.2) is 0 Å². The summed E-state index contributed by atoms with van der Waals surface area (Å²) >= 11 is 4.27. The van der Waals surface area contributed by atoms with Gasteiger partial charge in [-0.25, -0.2) is 0 Å². The van der Waals surface area contributed by atoms with E-state index in [0.29, 0.717) is 0 Å². The third-order valence-electron chi connectivity index (χ3n) is 0.583. The largest absolute Gasteiger partial charge is 0.481 e. The Labute approximate surface area is 67.2 Å². The molecule has 0 aromatic rings. The van der Waals surface area contributed by atoms with Crippen LogP contribution in [0, 0.1) is 5.92 Å². The molecule has 0 unspecified atom stereocenters. The summed E-state index contributed by atoms with van der Waals surface area (Å²) in [6, 6.07) is 0. The van der Waals surface area contributed by atoms with Gasteiger partial charge in [-0.1, -0.05) is 26.1 Å². The standard InChI is InChI=1S/C5H10O2.C2H4S/c1-4(2)3-5(6)7;1-2-3/h4H,3H2,1-2H3,(H,6,7);2H,1H3. The number of hydrogen-bond donors (Lipinski definition) is 1. The Bertz CT molecular complexity index is 99.8. The molecule has 0 amide bonds. The monoisotopic (exact) mass is 162 g/mol. The van der Waals surface area contributed by atoms with E-state index >= 15 is 0 Å². The van der Waals surface area contributed by atoms with Crippen LogP contribution in [-0.4, -0.2) is 16.4 Å². The van der Waals surface area contributed by atoms with Crippen molar-refractivity contribution in [1.29, 1.82) is 0 Å². The zero-order valence-electron chi connectivity index (χ0n) is 6.63. The third kappa shape index (κ3) is 25.7. The Morgan fingerprint density at radius 3 is 2.00 bits per heavy atom. The third-order valence-corrected chi connectivity index (χ3v) is 0.583. The summed E-state index contributed by atoms with van der Waals surface area (Å²) in [5, 5.41) is 9.67. The van der Waals surface area contributed by atoms with Crippen LogP contribution in [0.3, 0.4) is 0 Å². The van der Waals surface area contributed by atoms with E-state index in [0.717, 1.165) is 0 Å². The van der Waals surface area contributed by atoms with E-state index in [1.165, 1.54) is 0 Å². The fraction of sp³-hybridized carbons (Fsp3) is 0.714. The molecule has 0 atom stereocenters. The minimum atomic E-state index is -0.713. The number of carbonyl (C=O) groups is 1. The molecule has 10 heavy (non-hydrogen) atoms. The van der Waals surface area contributed by atoms with Gasteiger partial charge in [0, 0.05) is 6.42 Å². The van der Waals surface area contributed by atoms with Gasteiger partial charge in [0.25, 0.3) is 0 Å². The highest BCUT2D eigenvalue weighted by molar-refractivity contribution is 7.78. The molecule has 60 valence electrons. The molecule has 0 aromatic carbocycles. The van der Waals surface area contributed by atoms with E-state index in [9.17, 15) is 4.79 Å². The van der Waals surface area contributed by atoms with Gasteiger partial charge in [-0.3, -0.25) is 4.79 Å². The topological polar surface area (TPSA) is 37.3 Å². The minimum Gasteiger partial charge on any atom is -0.481 e. The number of aliphatic carboxylic acids is 1. The van der Waals surface area contributed by atoms with Crippen LogP contribution < -0.4 is 0 Å². The molecule has 0 fully saturated rings. The number of hydrogen-bond acceptors (Lipinski definition) is 2. The van der Waals surface area contributed by atoms with Gasteiger partial charge in [0.1, 0.15) is 0 Å². The van der Waals surface area contributed by atoms with Gasteiger partial charge in [0.05, 0.1) is 0 Å². The quantitative estimate of drug-likeness (QED) is 0.632. The van der Waals surface area contributed by atoms with Crippen LogP contribution in [0.2, 0.25) is 0 Å². The zero-order chi connectivity index (χ0) is 8.57. The molecule has 0 bridgehead atoms. The van der Waals surface area contributed by atoms with Crippen molar-refractivity contribution in [3.63, 3.8) is 0 Å². The normalized spacial score (nSPS) is 8.00. The summed E-state index contributed by atoms with van der Waals surface area (Å²) in [5.41, 5.74) is 0. The van der Waals surface area contributed by atoms with E-state index in [1.54, 1.807) is 5.37 Å². The van der Waals surface area contributed by atoms with Gasteiger partial charge in [0.15, 0.2) is 0 Å². The molecule has 0 heterocycles. The summed E-state index contributed by atoms with van der Waals surface area (Å²) in [4.78, 5) is 9.81. The fourth-order valence-electron chi connectivity index (χ4n) is 0.349. The summed E-state index contributed by atoms with van der Waals surface area (Å²) < 4.78 is 0. The van der Waals surface area contributed by atoms with E-state index in [4.69, 9.17) is 5.11 Å². The lowest BCUT2D eigenvalue weighted by atomic mass is 10.1. The van der Waals surface area contributed by atoms with Crippen LogP contribution in [0.1, 0.15) is 27.2 Å². The first kappa shape index (κ1) is 12.3. The first-order valence-corrected chi connectivity index (χ1v) is 3.63. The highest BCUT2D eigenvalue weighted by Gasteiger charge is 1.98. The lowest BCUT2D eigenvalue weighted by Gasteiger charge is -1.94. The number of thiocarbonyl (C=S) groups is 1. The molecule has 0 aliphatic heterocycles. The van der Waals surface area contributed by atoms with Crippen molar-refractivity contribution >= 4 is 23.6 Å². The first-order valence-electron chi connectivity index (χ1n) is 3.16. The highest BCUT2D eigenvalue weighted by atomic mass is 32.1. The second kappa shape index (κ2) is 8.56. The Morgan fingerprint density at radius 1 is 1.70 bits per heavy atom. The van der Waals surface area contributed by atoms with E-state index < -0.39 is 5.97 Å². The molecule has 0 spiro atoms. The van der Waals surface area contributed by atoms with Gasteiger partial charge >= 0.3 is 5.97 Å². The molecule has 0 aromatic heterocycles. The van der Waals surface area contributed by atoms with Crippen LogP contribution in [-0.2, 0) is 4.79 Å². The second-order valence-electron chi connectivity index (χ2n) is 2.23. The Kier molecular flexibility index (Phi) is 10.5. The maximum absolute atomic E-state index is 9.81. The van der Waals surface area contributed by atoms with Crippen LogP contribution in [0.5, 0.6) is 0 Å². The predicted octanol–water partition coefficient (Wildman–Crippen LogP) is 2.12. The van der Waals surface area contributed by atoms with Gasteiger partial charge in [-0.15, -0.1) is 0 Å². The highest BCUT2D eigenvalue weighted by Crippen LogP contribution is 1.96. The van der Waals surface area contributed by atoms with Crippen molar-refractivity contribution in [3.8, 4) is 0 Å². The van der Waals surface area contributed by atoms with Crippen molar-refractivity contribution in [3.05, 3.63) is 0 Å². The SMILES string of the molecule is CC(C)CC(=O)O.CC=S. The molecular formula is C7H14O2S. The Balaban J connectivity index is 0. The maximum atomic E-state index is 9.81. The number of carboxylic acid groups (broad SMARTS) is 1. The number of rotatable bonds is 2. The van der Waals surface area contributed by atoms with Crippen LogP contribution >= 0.6 is 12.2 Å². The molecular weight excluding hydrogens is 148 g/mol. The molecule has 0 rings (SSSR count). The van der Waals surface area contributed by atoms with Gasteiger partial charge in [-0.05, 0) is 18.2 Å². The second-order valence-corrected chi connectivity index (χ2v) is 2.70. The lowest BCUT2D eigenvalue weighted by molar-refractivity contribution is -0.137. The molecule has 0 aliphatic rings. The van der Waals surface area contributed by atoms with Crippen LogP contribution in [0.4, 0.5) is 0 Å². The lowest BCUT2D eigenvalue weighted by Crippen LogP contribution is -1.99. The van der Waals surface area contributed by atoms with Crippen molar-refractivity contribution in [2.75, 3.05) is 0 Å². The average molecular weight is 162 g/mol. The summed E-state index contributed by atoms with van der Waals surface area (Å²) in [6.45, 7) is 5.58. The van der Waals surface area contributed by atoms with Gasteiger partial charge in [-0.2, -0.15) is 0 Å². The molecule has 1 N–H and O–H groups in total. The fourth-order valence-corrected chi connectivity index (χ4v) is 0.349. The average Bonchev–Trinajstić information content (AvgIpc) is 1.62. The molecule has 3 heteroatoms. The van der Waals surface area contributed by atoms with Gasteiger partial charge in [0.2, 0.25) is 0 Å². The zero-order valence-corrected chi connectivity index (χ0v) is 7.44. The van der Waals surface area contributed by atoms with E-state index in [1.807, 2.05) is 20.8 Å².